The molecule has 110 valence electrons. The molecule has 7 heteroatoms. The molecule has 0 heterocycles. The van der Waals surface area contributed by atoms with Crippen LogP contribution in [0.1, 0.15) is 10.4 Å². The highest BCUT2D eigenvalue weighted by atomic mass is 32.2. The number of rotatable bonds is 4. The van der Waals surface area contributed by atoms with E-state index < -0.39 is 17.9 Å². The first kappa shape index (κ1) is 15.4. The van der Waals surface area contributed by atoms with Crippen LogP contribution in [0.2, 0.25) is 0 Å². The van der Waals surface area contributed by atoms with E-state index in [-0.39, 0.29) is 15.4 Å². The van der Waals surface area contributed by atoms with E-state index in [2.05, 4.69) is 4.74 Å². The van der Waals surface area contributed by atoms with Gasteiger partial charge in [-0.1, -0.05) is 23.9 Å². The summed E-state index contributed by atoms with van der Waals surface area (Å²) in [5.74, 6) is -0.992. The molecule has 2 aromatic rings. The maximum Gasteiger partial charge on any atom is 0.573 e. The van der Waals surface area contributed by atoms with Gasteiger partial charge in [-0.05, 0) is 30.3 Å². The largest absolute Gasteiger partial charge is 0.573 e. The highest BCUT2D eigenvalue weighted by Crippen LogP contribution is 2.35. The molecule has 0 saturated heterocycles. The van der Waals surface area contributed by atoms with Gasteiger partial charge in [-0.3, -0.25) is 4.79 Å². The van der Waals surface area contributed by atoms with E-state index in [4.69, 9.17) is 0 Å². The highest BCUT2D eigenvalue weighted by Gasteiger charge is 2.31. The molecule has 2 aromatic carbocycles. The van der Waals surface area contributed by atoms with E-state index in [1.54, 1.807) is 6.07 Å². The molecule has 2 rings (SSSR count). The standard InChI is InChI=1S/C14H8F4O2S/c15-11-3-1-2-4-12(11)21-13-7-10(20-14(16,17)18)6-5-9(13)8-19/h1-8H. The third kappa shape index (κ3) is 4.22. The number of alkyl halides is 3. The average Bonchev–Trinajstić information content (AvgIpc) is 2.40. The Labute approximate surface area is 121 Å². The third-order valence-corrected chi connectivity index (χ3v) is 3.53. The zero-order chi connectivity index (χ0) is 15.5. The van der Waals surface area contributed by atoms with Crippen LogP contribution in [0.5, 0.6) is 5.75 Å². The Hall–Kier alpha value is -2.02. The van der Waals surface area contributed by atoms with Crippen LogP contribution in [0.3, 0.4) is 0 Å². The van der Waals surface area contributed by atoms with Crippen molar-refractivity contribution in [3.05, 3.63) is 53.8 Å². The van der Waals surface area contributed by atoms with Gasteiger partial charge in [0.15, 0.2) is 6.29 Å². The number of ether oxygens (including phenoxy) is 1. The van der Waals surface area contributed by atoms with Crippen LogP contribution in [-0.2, 0) is 0 Å². The summed E-state index contributed by atoms with van der Waals surface area (Å²) >= 11 is 0.852. The summed E-state index contributed by atoms with van der Waals surface area (Å²) in [5.41, 5.74) is 0.151. The minimum Gasteiger partial charge on any atom is -0.406 e. The summed E-state index contributed by atoms with van der Waals surface area (Å²) in [4.78, 5) is 11.3. The van der Waals surface area contributed by atoms with Gasteiger partial charge in [0.25, 0.3) is 0 Å². The lowest BCUT2D eigenvalue weighted by Crippen LogP contribution is -2.17. The van der Waals surface area contributed by atoms with E-state index in [1.165, 1.54) is 24.3 Å². The van der Waals surface area contributed by atoms with Gasteiger partial charge in [-0.2, -0.15) is 0 Å². The maximum absolute atomic E-state index is 13.6. The molecule has 0 bridgehead atoms. The molecule has 0 atom stereocenters. The number of carbonyl (C=O) groups excluding carboxylic acids is 1. The van der Waals surface area contributed by atoms with Crippen molar-refractivity contribution in [2.45, 2.75) is 16.2 Å². The number of halogens is 4. The molecule has 0 fully saturated rings. The van der Waals surface area contributed by atoms with E-state index in [9.17, 15) is 22.4 Å². The second kappa shape index (κ2) is 6.17. The fourth-order valence-electron chi connectivity index (χ4n) is 1.54. The maximum atomic E-state index is 13.6. The molecule has 0 aliphatic carbocycles. The predicted octanol–water partition coefficient (Wildman–Crippen LogP) is 4.69. The van der Waals surface area contributed by atoms with Crippen LogP contribution in [-0.4, -0.2) is 12.6 Å². The molecular weight excluding hydrogens is 308 g/mol. The summed E-state index contributed by atoms with van der Waals surface area (Å²) < 4.78 is 53.9. The summed E-state index contributed by atoms with van der Waals surface area (Å²) in [5, 5.41) is 0. The second-order valence-electron chi connectivity index (χ2n) is 3.90. The summed E-state index contributed by atoms with van der Waals surface area (Å²) in [6, 6.07) is 9.03. The molecular formula is C14H8F4O2S. The molecule has 0 aliphatic rings. The summed E-state index contributed by atoms with van der Waals surface area (Å²) in [6.07, 6.45) is -4.34. The zero-order valence-electron chi connectivity index (χ0n) is 10.4. The van der Waals surface area contributed by atoms with E-state index in [1.807, 2.05) is 0 Å². The Bertz CT molecular complexity index is 656. The molecule has 0 unspecified atom stereocenters. The van der Waals surface area contributed by atoms with Crippen molar-refractivity contribution in [2.75, 3.05) is 0 Å². The van der Waals surface area contributed by atoms with Gasteiger partial charge in [0.2, 0.25) is 0 Å². The van der Waals surface area contributed by atoms with Gasteiger partial charge in [-0.25, -0.2) is 4.39 Å². The molecule has 0 saturated carbocycles. The van der Waals surface area contributed by atoms with Gasteiger partial charge < -0.3 is 4.74 Å². The minimum absolute atomic E-state index is 0.151. The van der Waals surface area contributed by atoms with E-state index in [0.717, 1.165) is 23.9 Å². The van der Waals surface area contributed by atoms with Crippen LogP contribution in [0.15, 0.2) is 52.3 Å². The van der Waals surface area contributed by atoms with Crippen molar-refractivity contribution in [1.82, 2.24) is 0 Å². The predicted molar refractivity (Wildman–Crippen MR) is 69.0 cm³/mol. The lowest BCUT2D eigenvalue weighted by molar-refractivity contribution is -0.274. The number of hydrogen-bond donors (Lipinski definition) is 0. The van der Waals surface area contributed by atoms with Gasteiger partial charge in [0.1, 0.15) is 11.6 Å². The SMILES string of the molecule is O=Cc1ccc(OC(F)(F)F)cc1Sc1ccccc1F. The van der Waals surface area contributed by atoms with Crippen LogP contribution < -0.4 is 4.74 Å². The first-order valence-corrected chi connectivity index (χ1v) is 6.48. The summed E-state index contributed by atoms with van der Waals surface area (Å²) in [6.45, 7) is 0. The normalized spacial score (nSPS) is 11.2. The van der Waals surface area contributed by atoms with E-state index in [0.29, 0.717) is 6.29 Å². The summed E-state index contributed by atoms with van der Waals surface area (Å²) in [7, 11) is 0. The van der Waals surface area contributed by atoms with Gasteiger partial charge >= 0.3 is 6.36 Å². The first-order chi connectivity index (χ1) is 9.89. The van der Waals surface area contributed by atoms with Crippen molar-refractivity contribution in [1.29, 1.82) is 0 Å². The molecule has 2 nitrogen and oxygen atoms in total. The number of aldehydes is 1. The topological polar surface area (TPSA) is 26.3 Å². The van der Waals surface area contributed by atoms with Crippen LogP contribution in [0.4, 0.5) is 17.6 Å². The number of benzene rings is 2. The Morgan fingerprint density at radius 2 is 1.76 bits per heavy atom. The molecule has 0 aliphatic heterocycles. The van der Waals surface area contributed by atoms with Crippen molar-refractivity contribution in [3.8, 4) is 5.75 Å². The first-order valence-electron chi connectivity index (χ1n) is 5.66. The van der Waals surface area contributed by atoms with Crippen LogP contribution in [0, 0.1) is 5.82 Å². The quantitative estimate of drug-likeness (QED) is 0.605. The van der Waals surface area contributed by atoms with Gasteiger partial charge in [-0.15, -0.1) is 13.2 Å². The van der Waals surface area contributed by atoms with Crippen molar-refractivity contribution < 1.29 is 27.1 Å². The van der Waals surface area contributed by atoms with Crippen LogP contribution in [0.25, 0.3) is 0 Å². The Morgan fingerprint density at radius 3 is 2.38 bits per heavy atom. The smallest absolute Gasteiger partial charge is 0.406 e. The Balaban J connectivity index is 2.34. The lowest BCUT2D eigenvalue weighted by Gasteiger charge is -2.11. The lowest BCUT2D eigenvalue weighted by atomic mass is 10.2. The third-order valence-electron chi connectivity index (χ3n) is 2.40. The number of carbonyl (C=O) groups is 1. The molecule has 0 aromatic heterocycles. The molecule has 0 amide bonds. The fourth-order valence-corrected chi connectivity index (χ4v) is 2.50. The average molecular weight is 316 g/mol. The van der Waals surface area contributed by atoms with Crippen molar-refractivity contribution >= 4 is 18.0 Å². The monoisotopic (exact) mass is 316 g/mol. The molecule has 0 spiro atoms. The fraction of sp³-hybridized carbons (Fsp3) is 0.0714. The zero-order valence-corrected chi connectivity index (χ0v) is 11.2. The van der Waals surface area contributed by atoms with Crippen molar-refractivity contribution in [2.24, 2.45) is 0 Å². The molecule has 21 heavy (non-hydrogen) atoms. The number of hydrogen-bond acceptors (Lipinski definition) is 3. The van der Waals surface area contributed by atoms with Gasteiger partial charge in [0, 0.05) is 15.4 Å². The second-order valence-corrected chi connectivity index (χ2v) is 4.98. The van der Waals surface area contributed by atoms with E-state index >= 15 is 0 Å². The Morgan fingerprint density at radius 1 is 1.05 bits per heavy atom. The van der Waals surface area contributed by atoms with Crippen molar-refractivity contribution in [3.63, 3.8) is 0 Å². The van der Waals surface area contributed by atoms with Crippen LogP contribution >= 0.6 is 11.8 Å². The van der Waals surface area contributed by atoms with Gasteiger partial charge in [0.05, 0.1) is 0 Å². The molecule has 0 N–H and O–H groups in total. The highest BCUT2D eigenvalue weighted by molar-refractivity contribution is 7.99. The Kier molecular flexibility index (Phi) is 4.52. The molecule has 0 radical (unpaired) electrons. The minimum atomic E-state index is -4.83.